The third-order valence-electron chi connectivity index (χ3n) is 4.48. The largest absolute Gasteiger partial charge is 0.379 e. The highest BCUT2D eigenvalue weighted by molar-refractivity contribution is 8.13. The summed E-state index contributed by atoms with van der Waals surface area (Å²) in [6, 6.07) is 11.0. The number of hydrogen-bond donors (Lipinski definition) is 1. The minimum Gasteiger partial charge on any atom is -0.379 e. The lowest BCUT2D eigenvalue weighted by Crippen LogP contribution is -2.40. The quantitative estimate of drug-likeness (QED) is 0.655. The molecule has 1 aliphatic heterocycles. The number of nitrogens with zero attached hydrogens (tertiary/aromatic N) is 2. The molecule has 0 saturated carbocycles. The van der Waals surface area contributed by atoms with Gasteiger partial charge in [-0.05, 0) is 42.1 Å². The molecule has 0 aliphatic carbocycles. The number of carbonyl (C=O) groups excluding carboxylic acids is 2. The average Bonchev–Trinajstić information content (AvgIpc) is 2.75. The molecular formula is C20H22ClN3O5S2. The van der Waals surface area contributed by atoms with Crippen molar-refractivity contribution in [2.75, 3.05) is 45.7 Å². The molecule has 1 aliphatic rings. The molecule has 0 aromatic heterocycles. The van der Waals surface area contributed by atoms with Crippen molar-refractivity contribution in [1.29, 1.82) is 0 Å². The predicted octanol–water partition coefficient (Wildman–Crippen LogP) is 3.39. The summed E-state index contributed by atoms with van der Waals surface area (Å²) in [7, 11) is -0.589. The van der Waals surface area contributed by atoms with Gasteiger partial charge in [-0.3, -0.25) is 9.59 Å². The fourth-order valence-electron chi connectivity index (χ4n) is 2.81. The second kappa shape index (κ2) is 10.0. The molecule has 2 aromatic rings. The molecule has 1 saturated heterocycles. The lowest BCUT2D eigenvalue weighted by molar-refractivity contribution is 0.0730. The van der Waals surface area contributed by atoms with E-state index in [9.17, 15) is 18.0 Å². The number of halogens is 1. The van der Waals surface area contributed by atoms with E-state index >= 15 is 0 Å². The van der Waals surface area contributed by atoms with Crippen molar-refractivity contribution < 1.29 is 22.7 Å². The first-order chi connectivity index (χ1) is 14.7. The molecule has 166 valence electrons. The van der Waals surface area contributed by atoms with E-state index in [0.717, 1.165) is 11.8 Å². The van der Waals surface area contributed by atoms with Crippen LogP contribution >= 0.6 is 23.4 Å². The van der Waals surface area contributed by atoms with Gasteiger partial charge in [-0.2, -0.15) is 4.31 Å². The molecule has 1 fully saturated rings. The van der Waals surface area contributed by atoms with Crippen LogP contribution in [0.15, 0.2) is 52.3 Å². The van der Waals surface area contributed by atoms with Crippen LogP contribution in [0.3, 0.4) is 0 Å². The van der Waals surface area contributed by atoms with Gasteiger partial charge in [-0.1, -0.05) is 23.7 Å². The van der Waals surface area contributed by atoms with E-state index in [1.54, 1.807) is 38.4 Å². The molecule has 2 amide bonds. The molecule has 3 rings (SSSR count). The predicted molar refractivity (Wildman–Crippen MR) is 120 cm³/mol. The number of sulfonamides is 1. The third-order valence-corrected chi connectivity index (χ3v) is 7.97. The van der Waals surface area contributed by atoms with Gasteiger partial charge >= 0.3 is 0 Å². The van der Waals surface area contributed by atoms with E-state index < -0.39 is 15.9 Å². The van der Waals surface area contributed by atoms with E-state index in [4.69, 9.17) is 16.3 Å². The summed E-state index contributed by atoms with van der Waals surface area (Å²) in [6.07, 6.45) is 0. The zero-order chi connectivity index (χ0) is 22.6. The summed E-state index contributed by atoms with van der Waals surface area (Å²) in [4.78, 5) is 26.8. The number of para-hydroxylation sites is 1. The second-order valence-electron chi connectivity index (χ2n) is 6.87. The summed E-state index contributed by atoms with van der Waals surface area (Å²) in [5, 5.41) is 2.60. The molecule has 0 radical (unpaired) electrons. The Morgan fingerprint density at radius 3 is 2.48 bits per heavy atom. The topological polar surface area (TPSA) is 96.0 Å². The van der Waals surface area contributed by atoms with Gasteiger partial charge in [0.05, 0.1) is 23.9 Å². The maximum absolute atomic E-state index is 13.0. The number of ether oxygens (including phenoxy) is 1. The second-order valence-corrected chi connectivity index (χ2v) is 10.2. The minimum atomic E-state index is -3.87. The number of hydrogen-bond acceptors (Lipinski definition) is 6. The highest BCUT2D eigenvalue weighted by Crippen LogP contribution is 2.30. The molecule has 1 heterocycles. The van der Waals surface area contributed by atoms with Gasteiger partial charge in [0.15, 0.2) is 0 Å². The monoisotopic (exact) mass is 483 g/mol. The van der Waals surface area contributed by atoms with Crippen LogP contribution in [0.1, 0.15) is 10.4 Å². The Morgan fingerprint density at radius 2 is 1.81 bits per heavy atom. The average molecular weight is 484 g/mol. The molecular weight excluding hydrogens is 462 g/mol. The van der Waals surface area contributed by atoms with Crippen LogP contribution in [-0.2, 0) is 14.8 Å². The highest BCUT2D eigenvalue weighted by Gasteiger charge is 2.29. The molecule has 31 heavy (non-hydrogen) atoms. The fraction of sp³-hybridized carbons (Fsp3) is 0.300. The Bertz CT molecular complexity index is 1090. The molecule has 2 aromatic carbocycles. The van der Waals surface area contributed by atoms with Crippen molar-refractivity contribution in [1.82, 2.24) is 9.21 Å². The number of rotatable bonds is 5. The van der Waals surface area contributed by atoms with E-state index in [0.29, 0.717) is 23.8 Å². The summed E-state index contributed by atoms with van der Waals surface area (Å²) in [6.45, 7) is 1.05. The first-order valence-electron chi connectivity index (χ1n) is 9.37. The van der Waals surface area contributed by atoms with Crippen LogP contribution in [-0.4, -0.2) is 69.2 Å². The number of nitrogens with one attached hydrogen (secondary N) is 1. The third kappa shape index (κ3) is 5.58. The van der Waals surface area contributed by atoms with Crippen LogP contribution in [0.25, 0.3) is 0 Å². The molecule has 0 unspecified atom stereocenters. The molecule has 0 spiro atoms. The zero-order valence-electron chi connectivity index (χ0n) is 17.0. The number of morpholine rings is 1. The number of thioether (sulfide) groups is 1. The van der Waals surface area contributed by atoms with Crippen molar-refractivity contribution in [3.63, 3.8) is 0 Å². The molecule has 8 nitrogen and oxygen atoms in total. The molecule has 0 bridgehead atoms. The highest BCUT2D eigenvalue weighted by atomic mass is 35.5. The Balaban J connectivity index is 1.86. The Labute approximate surface area is 190 Å². The fourth-order valence-corrected chi connectivity index (χ4v) is 5.46. The molecule has 1 N–H and O–H groups in total. The van der Waals surface area contributed by atoms with Gasteiger partial charge < -0.3 is 15.0 Å². The summed E-state index contributed by atoms with van der Waals surface area (Å²) < 4.78 is 32.5. The van der Waals surface area contributed by atoms with Gasteiger partial charge in [0.25, 0.3) is 11.1 Å². The zero-order valence-corrected chi connectivity index (χ0v) is 19.4. The van der Waals surface area contributed by atoms with Crippen molar-refractivity contribution in [2.24, 2.45) is 0 Å². The van der Waals surface area contributed by atoms with Crippen LogP contribution in [0.2, 0.25) is 5.02 Å². The Kier molecular flexibility index (Phi) is 7.60. The van der Waals surface area contributed by atoms with Crippen molar-refractivity contribution in [2.45, 2.75) is 9.79 Å². The maximum atomic E-state index is 13.0. The van der Waals surface area contributed by atoms with Crippen LogP contribution in [0, 0.1) is 0 Å². The lowest BCUT2D eigenvalue weighted by Gasteiger charge is -2.26. The number of amides is 2. The maximum Gasteiger partial charge on any atom is 0.286 e. The lowest BCUT2D eigenvalue weighted by atomic mass is 10.2. The van der Waals surface area contributed by atoms with E-state index in [1.807, 2.05) is 0 Å². The van der Waals surface area contributed by atoms with E-state index in [2.05, 4.69) is 5.32 Å². The van der Waals surface area contributed by atoms with Crippen molar-refractivity contribution >= 4 is 50.2 Å². The van der Waals surface area contributed by atoms with Crippen LogP contribution in [0.5, 0.6) is 0 Å². The summed E-state index contributed by atoms with van der Waals surface area (Å²) in [5.41, 5.74) is 0.579. The number of anilines is 1. The normalized spacial score (nSPS) is 14.8. The van der Waals surface area contributed by atoms with Gasteiger partial charge in [0.1, 0.15) is 4.90 Å². The molecule has 0 atom stereocenters. The Morgan fingerprint density at radius 1 is 1.13 bits per heavy atom. The molecule has 11 heteroatoms. The standard InChI is InChI=1S/C20H22ClN3O5S2/c1-23(2)20(26)30-17-6-4-3-5-16(17)22-19(25)14-7-8-15(21)18(13-14)31(27,28)24-9-11-29-12-10-24/h3-8,13H,9-12H2,1-2H3,(H,22,25). The van der Waals surface area contributed by atoms with Crippen molar-refractivity contribution in [3.8, 4) is 0 Å². The SMILES string of the molecule is CN(C)C(=O)Sc1ccccc1NC(=O)c1ccc(Cl)c(S(=O)(=O)N2CCOCC2)c1. The van der Waals surface area contributed by atoms with Gasteiger partial charge in [-0.15, -0.1) is 0 Å². The number of carbonyl (C=O) groups is 2. The van der Waals surface area contributed by atoms with Crippen molar-refractivity contribution in [3.05, 3.63) is 53.1 Å². The minimum absolute atomic E-state index is 0.0376. The summed E-state index contributed by atoms with van der Waals surface area (Å²) >= 11 is 7.14. The first kappa shape index (κ1) is 23.6. The van der Waals surface area contributed by atoms with E-state index in [-0.39, 0.29) is 33.8 Å². The van der Waals surface area contributed by atoms with Gasteiger partial charge in [0.2, 0.25) is 10.0 Å². The summed E-state index contributed by atoms with van der Waals surface area (Å²) in [5.74, 6) is -0.513. The van der Waals surface area contributed by atoms with Crippen LogP contribution in [0.4, 0.5) is 10.5 Å². The first-order valence-corrected chi connectivity index (χ1v) is 12.0. The van der Waals surface area contributed by atoms with Crippen LogP contribution < -0.4 is 5.32 Å². The van der Waals surface area contributed by atoms with Gasteiger partial charge in [0, 0.05) is 37.6 Å². The van der Waals surface area contributed by atoms with E-state index in [1.165, 1.54) is 27.4 Å². The Hall–Kier alpha value is -2.11. The number of benzene rings is 2. The smallest absolute Gasteiger partial charge is 0.286 e. The van der Waals surface area contributed by atoms with Gasteiger partial charge in [-0.25, -0.2) is 8.42 Å².